The predicted molar refractivity (Wildman–Crippen MR) is 76.7 cm³/mol. The molecule has 0 saturated heterocycles. The summed E-state index contributed by atoms with van der Waals surface area (Å²) < 4.78 is 4.89. The van der Waals surface area contributed by atoms with Crippen molar-refractivity contribution in [3.05, 3.63) is 41.5 Å². The fourth-order valence-electron chi connectivity index (χ4n) is 2.19. The Balaban J connectivity index is 2.34. The summed E-state index contributed by atoms with van der Waals surface area (Å²) in [6.45, 7) is 0. The molecule has 6 heteroatoms. The monoisotopic (exact) mass is 291 g/mol. The number of rotatable bonds is 4. The van der Waals surface area contributed by atoms with Gasteiger partial charge in [-0.2, -0.15) is 0 Å². The maximum Gasteiger partial charge on any atom is 0.203 e. The molecule has 1 atom stereocenters. The number of aromatic hydroxyl groups is 4. The standard InChI is InChI=1S/C15H17NO5/c1-21-15-12(19)7-11(18)13(14(15)20)10(16)6-8-2-4-9(17)5-3-8/h2-5,7,10,17-20H,6,16H2,1H3. The van der Waals surface area contributed by atoms with Gasteiger partial charge in [0, 0.05) is 12.1 Å². The molecule has 0 saturated carbocycles. The first kappa shape index (κ1) is 14.8. The van der Waals surface area contributed by atoms with Crippen molar-refractivity contribution < 1.29 is 25.2 Å². The summed E-state index contributed by atoms with van der Waals surface area (Å²) in [5.41, 5.74) is 6.94. The Morgan fingerprint density at radius 3 is 2.24 bits per heavy atom. The molecule has 0 heterocycles. The zero-order chi connectivity index (χ0) is 15.6. The van der Waals surface area contributed by atoms with E-state index in [0.717, 1.165) is 11.6 Å². The molecule has 2 rings (SSSR count). The lowest BCUT2D eigenvalue weighted by atomic mass is 9.97. The minimum Gasteiger partial charge on any atom is -0.508 e. The topological polar surface area (TPSA) is 116 Å². The van der Waals surface area contributed by atoms with E-state index in [0.29, 0.717) is 6.42 Å². The molecule has 0 spiro atoms. The number of phenols is 4. The summed E-state index contributed by atoms with van der Waals surface area (Å²) in [5.74, 6) is -1.06. The SMILES string of the molecule is COc1c(O)cc(O)c(C(N)Cc2ccc(O)cc2)c1O. The second-order valence-electron chi connectivity index (χ2n) is 4.69. The van der Waals surface area contributed by atoms with Gasteiger partial charge >= 0.3 is 0 Å². The van der Waals surface area contributed by atoms with Gasteiger partial charge < -0.3 is 30.9 Å². The van der Waals surface area contributed by atoms with Gasteiger partial charge in [-0.25, -0.2) is 0 Å². The van der Waals surface area contributed by atoms with Crippen LogP contribution in [-0.2, 0) is 6.42 Å². The molecule has 6 N–H and O–H groups in total. The normalized spacial score (nSPS) is 12.1. The van der Waals surface area contributed by atoms with Crippen LogP contribution in [0.2, 0.25) is 0 Å². The van der Waals surface area contributed by atoms with E-state index in [9.17, 15) is 20.4 Å². The van der Waals surface area contributed by atoms with Gasteiger partial charge in [-0.05, 0) is 24.1 Å². The van der Waals surface area contributed by atoms with Crippen molar-refractivity contribution >= 4 is 0 Å². The van der Waals surface area contributed by atoms with Gasteiger partial charge in [0.2, 0.25) is 5.75 Å². The Bertz CT molecular complexity index is 640. The summed E-state index contributed by atoms with van der Waals surface area (Å²) >= 11 is 0. The Morgan fingerprint density at radius 2 is 1.67 bits per heavy atom. The van der Waals surface area contributed by atoms with Crippen LogP contribution in [0.1, 0.15) is 17.2 Å². The lowest BCUT2D eigenvalue weighted by Crippen LogP contribution is -2.14. The highest BCUT2D eigenvalue weighted by atomic mass is 16.5. The highest BCUT2D eigenvalue weighted by Gasteiger charge is 2.23. The van der Waals surface area contributed by atoms with E-state index in [1.807, 2.05) is 0 Å². The van der Waals surface area contributed by atoms with E-state index in [1.165, 1.54) is 19.2 Å². The lowest BCUT2D eigenvalue weighted by Gasteiger charge is -2.18. The molecule has 0 aromatic heterocycles. The second kappa shape index (κ2) is 5.80. The number of benzene rings is 2. The average molecular weight is 291 g/mol. The minimum absolute atomic E-state index is 0.0951. The number of hydrogen-bond donors (Lipinski definition) is 5. The van der Waals surface area contributed by atoms with Crippen LogP contribution in [0.3, 0.4) is 0 Å². The fraction of sp³-hybridized carbons (Fsp3) is 0.200. The second-order valence-corrected chi connectivity index (χ2v) is 4.69. The molecular formula is C15H17NO5. The Hall–Kier alpha value is -2.60. The van der Waals surface area contributed by atoms with Crippen LogP contribution in [-0.4, -0.2) is 27.5 Å². The number of nitrogens with two attached hydrogens (primary N) is 1. The van der Waals surface area contributed by atoms with Gasteiger partial charge in [-0.3, -0.25) is 0 Å². The maximum atomic E-state index is 10.1. The number of methoxy groups -OCH3 is 1. The lowest BCUT2D eigenvalue weighted by molar-refractivity contribution is 0.334. The molecule has 6 nitrogen and oxygen atoms in total. The van der Waals surface area contributed by atoms with Gasteiger partial charge in [0.15, 0.2) is 11.5 Å². The van der Waals surface area contributed by atoms with Gasteiger partial charge in [0.05, 0.1) is 12.7 Å². The molecule has 0 radical (unpaired) electrons. The highest BCUT2D eigenvalue weighted by Crippen LogP contribution is 2.45. The van der Waals surface area contributed by atoms with Crippen LogP contribution in [0.5, 0.6) is 28.7 Å². The first-order valence-electron chi connectivity index (χ1n) is 6.29. The van der Waals surface area contributed by atoms with Crippen molar-refractivity contribution in [1.29, 1.82) is 0 Å². The predicted octanol–water partition coefficient (Wildman–Crippen LogP) is 1.76. The van der Waals surface area contributed by atoms with Crippen molar-refractivity contribution in [2.24, 2.45) is 5.73 Å². The van der Waals surface area contributed by atoms with Crippen molar-refractivity contribution in [2.45, 2.75) is 12.5 Å². The maximum absolute atomic E-state index is 10.1. The van der Waals surface area contributed by atoms with Gasteiger partial charge in [-0.1, -0.05) is 12.1 Å². The van der Waals surface area contributed by atoms with Crippen molar-refractivity contribution in [3.8, 4) is 28.7 Å². The molecule has 0 fully saturated rings. The molecule has 1 unspecified atom stereocenters. The molecule has 2 aromatic carbocycles. The first-order chi connectivity index (χ1) is 9.93. The highest BCUT2D eigenvalue weighted by molar-refractivity contribution is 5.61. The van der Waals surface area contributed by atoms with Crippen molar-refractivity contribution in [2.75, 3.05) is 7.11 Å². The fourth-order valence-corrected chi connectivity index (χ4v) is 2.19. The first-order valence-corrected chi connectivity index (χ1v) is 6.29. The summed E-state index contributed by atoms with van der Waals surface area (Å²) in [4.78, 5) is 0. The van der Waals surface area contributed by atoms with Crippen molar-refractivity contribution in [1.82, 2.24) is 0 Å². The average Bonchev–Trinajstić information content (AvgIpc) is 2.41. The van der Waals surface area contributed by atoms with E-state index in [2.05, 4.69) is 0 Å². The van der Waals surface area contributed by atoms with Gasteiger partial charge in [0.1, 0.15) is 11.5 Å². The van der Waals surface area contributed by atoms with Crippen LogP contribution in [0.15, 0.2) is 30.3 Å². The number of hydrogen-bond acceptors (Lipinski definition) is 6. The van der Waals surface area contributed by atoms with Crippen LogP contribution >= 0.6 is 0 Å². The largest absolute Gasteiger partial charge is 0.508 e. The smallest absolute Gasteiger partial charge is 0.203 e. The zero-order valence-corrected chi connectivity index (χ0v) is 11.4. The van der Waals surface area contributed by atoms with E-state index in [4.69, 9.17) is 10.5 Å². The van der Waals surface area contributed by atoms with Gasteiger partial charge in [0.25, 0.3) is 0 Å². The summed E-state index contributed by atoms with van der Waals surface area (Å²) in [5, 5.41) is 38.8. The summed E-state index contributed by atoms with van der Waals surface area (Å²) in [7, 11) is 1.29. The Morgan fingerprint density at radius 1 is 1.05 bits per heavy atom. The Kier molecular flexibility index (Phi) is 4.09. The molecule has 0 aliphatic rings. The van der Waals surface area contributed by atoms with E-state index in [1.54, 1.807) is 12.1 Å². The molecule has 2 aromatic rings. The quantitative estimate of drug-likeness (QED) is 0.586. The third-order valence-corrected chi connectivity index (χ3v) is 3.22. The van der Waals surface area contributed by atoms with E-state index in [-0.39, 0.29) is 34.3 Å². The number of ether oxygens (including phenoxy) is 1. The molecule has 21 heavy (non-hydrogen) atoms. The van der Waals surface area contributed by atoms with Crippen LogP contribution in [0.4, 0.5) is 0 Å². The summed E-state index contributed by atoms with van der Waals surface area (Å²) in [6, 6.07) is 6.81. The van der Waals surface area contributed by atoms with E-state index < -0.39 is 6.04 Å². The molecule has 112 valence electrons. The number of phenolic OH excluding ortho intramolecular Hbond substituents is 4. The molecular weight excluding hydrogens is 274 g/mol. The third-order valence-electron chi connectivity index (χ3n) is 3.22. The Labute approximate surface area is 121 Å². The molecule has 0 bridgehead atoms. The van der Waals surface area contributed by atoms with Crippen LogP contribution in [0, 0.1) is 0 Å². The summed E-state index contributed by atoms with van der Waals surface area (Å²) in [6.07, 6.45) is 0.329. The molecule has 0 aliphatic heterocycles. The third kappa shape index (κ3) is 2.95. The minimum atomic E-state index is -0.705. The van der Waals surface area contributed by atoms with Crippen LogP contribution < -0.4 is 10.5 Å². The molecule has 0 aliphatic carbocycles. The van der Waals surface area contributed by atoms with Crippen LogP contribution in [0.25, 0.3) is 0 Å². The van der Waals surface area contributed by atoms with E-state index >= 15 is 0 Å². The van der Waals surface area contributed by atoms with Gasteiger partial charge in [-0.15, -0.1) is 0 Å². The van der Waals surface area contributed by atoms with Crippen molar-refractivity contribution in [3.63, 3.8) is 0 Å². The molecule has 0 amide bonds. The zero-order valence-electron chi connectivity index (χ0n) is 11.4.